The number of rotatable bonds is 5. The van der Waals surface area contributed by atoms with Crippen molar-refractivity contribution in [1.29, 1.82) is 0 Å². The molecule has 1 atom stereocenters. The molecule has 0 spiro atoms. The zero-order valence-electron chi connectivity index (χ0n) is 13.5. The van der Waals surface area contributed by atoms with Crippen LogP contribution in [0.2, 0.25) is 0 Å². The molecular formula is C19H22FN3O. The number of halogens is 1. The SMILES string of the molecule is O=C(NCC(c1ccc(F)cc1)N1CCCC1)Nc1ccccc1. The molecule has 1 saturated heterocycles. The quantitative estimate of drug-likeness (QED) is 0.878. The van der Waals surface area contributed by atoms with Gasteiger partial charge in [-0.05, 0) is 55.8 Å². The standard InChI is InChI=1S/C19H22FN3O/c20-16-10-8-15(9-11-16)18(23-12-4-5-13-23)14-21-19(24)22-17-6-2-1-3-7-17/h1-3,6-11,18H,4-5,12-14H2,(H2,21,22,24). The topological polar surface area (TPSA) is 44.4 Å². The van der Waals surface area contributed by atoms with Crippen LogP contribution in [0.15, 0.2) is 54.6 Å². The van der Waals surface area contributed by atoms with Gasteiger partial charge in [-0.25, -0.2) is 9.18 Å². The molecule has 2 aromatic carbocycles. The Kier molecular flexibility index (Phi) is 5.43. The summed E-state index contributed by atoms with van der Waals surface area (Å²) in [6.07, 6.45) is 2.32. The molecular weight excluding hydrogens is 305 g/mol. The van der Waals surface area contributed by atoms with Gasteiger partial charge in [0.15, 0.2) is 0 Å². The number of urea groups is 1. The predicted octanol–water partition coefficient (Wildman–Crippen LogP) is 3.78. The normalized spacial score (nSPS) is 15.9. The summed E-state index contributed by atoms with van der Waals surface area (Å²) >= 11 is 0. The van der Waals surface area contributed by atoms with E-state index in [2.05, 4.69) is 15.5 Å². The van der Waals surface area contributed by atoms with Gasteiger partial charge in [-0.2, -0.15) is 0 Å². The fourth-order valence-electron chi connectivity index (χ4n) is 3.08. The first-order valence-electron chi connectivity index (χ1n) is 8.32. The van der Waals surface area contributed by atoms with Crippen molar-refractivity contribution in [2.45, 2.75) is 18.9 Å². The Bertz CT molecular complexity index is 654. The molecule has 0 saturated carbocycles. The van der Waals surface area contributed by atoms with Crippen LogP contribution in [-0.4, -0.2) is 30.6 Å². The number of amides is 2. The molecule has 2 aromatic rings. The fourth-order valence-corrected chi connectivity index (χ4v) is 3.08. The molecule has 1 unspecified atom stereocenters. The minimum absolute atomic E-state index is 0.0645. The number of nitrogens with zero attached hydrogens (tertiary/aromatic N) is 1. The van der Waals surface area contributed by atoms with Crippen molar-refractivity contribution in [1.82, 2.24) is 10.2 Å². The number of anilines is 1. The van der Waals surface area contributed by atoms with Crippen LogP contribution in [0.25, 0.3) is 0 Å². The maximum absolute atomic E-state index is 13.2. The third kappa shape index (κ3) is 4.32. The second-order valence-corrected chi connectivity index (χ2v) is 6.01. The highest BCUT2D eigenvalue weighted by molar-refractivity contribution is 5.89. The van der Waals surface area contributed by atoms with E-state index < -0.39 is 0 Å². The summed E-state index contributed by atoms with van der Waals surface area (Å²) in [5.74, 6) is -0.242. The minimum Gasteiger partial charge on any atom is -0.336 e. The van der Waals surface area contributed by atoms with E-state index in [4.69, 9.17) is 0 Å². The number of likely N-dealkylation sites (tertiary alicyclic amines) is 1. The van der Waals surface area contributed by atoms with Gasteiger partial charge in [-0.15, -0.1) is 0 Å². The van der Waals surface area contributed by atoms with Crippen molar-refractivity contribution in [2.75, 3.05) is 25.0 Å². The average Bonchev–Trinajstić information content (AvgIpc) is 3.12. The van der Waals surface area contributed by atoms with Crippen LogP contribution in [0, 0.1) is 5.82 Å². The lowest BCUT2D eigenvalue weighted by atomic mass is 10.1. The lowest BCUT2D eigenvalue weighted by Crippen LogP contribution is -2.38. The summed E-state index contributed by atoms with van der Waals surface area (Å²) in [5.41, 5.74) is 1.79. The molecule has 5 heteroatoms. The molecule has 1 fully saturated rings. The monoisotopic (exact) mass is 327 g/mol. The zero-order chi connectivity index (χ0) is 16.8. The van der Waals surface area contributed by atoms with Gasteiger partial charge in [0.1, 0.15) is 5.82 Å². The van der Waals surface area contributed by atoms with Crippen LogP contribution in [0.3, 0.4) is 0 Å². The lowest BCUT2D eigenvalue weighted by molar-refractivity contribution is 0.227. The van der Waals surface area contributed by atoms with Gasteiger partial charge < -0.3 is 10.6 Å². The van der Waals surface area contributed by atoms with Crippen LogP contribution in [0.4, 0.5) is 14.9 Å². The molecule has 0 aliphatic carbocycles. The molecule has 1 aliphatic rings. The molecule has 2 N–H and O–H groups in total. The number of nitrogens with one attached hydrogen (secondary N) is 2. The highest BCUT2D eigenvalue weighted by Crippen LogP contribution is 2.24. The summed E-state index contributed by atoms with van der Waals surface area (Å²) in [6, 6.07) is 15.7. The first-order chi connectivity index (χ1) is 11.7. The summed E-state index contributed by atoms with van der Waals surface area (Å²) in [7, 11) is 0. The Balaban J connectivity index is 1.63. The summed E-state index contributed by atoms with van der Waals surface area (Å²) in [6.45, 7) is 2.50. The lowest BCUT2D eigenvalue weighted by Gasteiger charge is -2.28. The van der Waals surface area contributed by atoms with Gasteiger partial charge >= 0.3 is 6.03 Å². The van der Waals surface area contributed by atoms with Gasteiger partial charge in [0.05, 0.1) is 6.04 Å². The second-order valence-electron chi connectivity index (χ2n) is 6.01. The Morgan fingerprint density at radius 1 is 1.04 bits per heavy atom. The number of carbonyl (C=O) groups excluding carboxylic acids is 1. The van der Waals surface area contributed by atoms with E-state index in [0.29, 0.717) is 6.54 Å². The fraction of sp³-hybridized carbons (Fsp3) is 0.316. The predicted molar refractivity (Wildman–Crippen MR) is 93.4 cm³/mol. The number of benzene rings is 2. The zero-order valence-corrected chi connectivity index (χ0v) is 13.5. The smallest absolute Gasteiger partial charge is 0.319 e. The first kappa shape index (κ1) is 16.5. The maximum atomic E-state index is 13.2. The maximum Gasteiger partial charge on any atom is 0.319 e. The Morgan fingerprint density at radius 3 is 2.38 bits per heavy atom. The van der Waals surface area contributed by atoms with Crippen molar-refractivity contribution >= 4 is 11.7 Å². The van der Waals surface area contributed by atoms with Gasteiger partial charge in [-0.1, -0.05) is 30.3 Å². The van der Waals surface area contributed by atoms with Crippen molar-refractivity contribution < 1.29 is 9.18 Å². The molecule has 0 aromatic heterocycles. The third-order valence-electron chi connectivity index (χ3n) is 4.32. The molecule has 4 nitrogen and oxygen atoms in total. The largest absolute Gasteiger partial charge is 0.336 e. The van der Waals surface area contributed by atoms with Crippen molar-refractivity contribution in [3.05, 3.63) is 66.0 Å². The summed E-state index contributed by atoms with van der Waals surface area (Å²) in [5, 5.41) is 5.76. The van der Waals surface area contributed by atoms with Gasteiger partial charge in [-0.3, -0.25) is 4.90 Å². The van der Waals surface area contributed by atoms with Crippen LogP contribution < -0.4 is 10.6 Å². The highest BCUT2D eigenvalue weighted by Gasteiger charge is 2.24. The second kappa shape index (κ2) is 7.93. The minimum atomic E-state index is -0.242. The highest BCUT2D eigenvalue weighted by atomic mass is 19.1. The van der Waals surface area contributed by atoms with Crippen LogP contribution >= 0.6 is 0 Å². The van der Waals surface area contributed by atoms with Crippen LogP contribution in [0.5, 0.6) is 0 Å². The number of hydrogen-bond donors (Lipinski definition) is 2. The molecule has 24 heavy (non-hydrogen) atoms. The van der Waals surface area contributed by atoms with Crippen molar-refractivity contribution in [3.8, 4) is 0 Å². The van der Waals surface area contributed by atoms with Crippen molar-refractivity contribution in [3.63, 3.8) is 0 Å². The van der Waals surface area contributed by atoms with Crippen LogP contribution in [-0.2, 0) is 0 Å². The molecule has 0 radical (unpaired) electrons. The van der Waals surface area contributed by atoms with E-state index in [1.807, 2.05) is 30.3 Å². The Morgan fingerprint density at radius 2 is 1.71 bits per heavy atom. The molecule has 2 amide bonds. The van der Waals surface area contributed by atoms with E-state index in [1.165, 1.54) is 12.1 Å². The number of hydrogen-bond acceptors (Lipinski definition) is 2. The molecule has 1 aliphatic heterocycles. The Hall–Kier alpha value is -2.40. The van der Waals surface area contributed by atoms with Gasteiger partial charge in [0.2, 0.25) is 0 Å². The molecule has 3 rings (SSSR count). The first-order valence-corrected chi connectivity index (χ1v) is 8.32. The molecule has 0 bridgehead atoms. The molecule has 1 heterocycles. The van der Waals surface area contributed by atoms with Gasteiger partial charge in [0.25, 0.3) is 0 Å². The summed E-state index contributed by atoms with van der Waals surface area (Å²) < 4.78 is 13.2. The van der Waals surface area contributed by atoms with Gasteiger partial charge in [0, 0.05) is 12.2 Å². The number of carbonyl (C=O) groups is 1. The number of para-hydroxylation sites is 1. The third-order valence-corrected chi connectivity index (χ3v) is 4.32. The van der Waals surface area contributed by atoms with E-state index >= 15 is 0 Å². The van der Waals surface area contributed by atoms with E-state index in [1.54, 1.807) is 12.1 Å². The molecule has 126 valence electrons. The Labute approximate surface area is 141 Å². The summed E-state index contributed by atoms with van der Waals surface area (Å²) in [4.78, 5) is 14.5. The average molecular weight is 327 g/mol. The van der Waals surface area contributed by atoms with Crippen molar-refractivity contribution in [2.24, 2.45) is 0 Å². The van der Waals surface area contributed by atoms with Crippen LogP contribution in [0.1, 0.15) is 24.4 Å². The van der Waals surface area contributed by atoms with E-state index in [9.17, 15) is 9.18 Å². The van der Waals surface area contributed by atoms with E-state index in [0.717, 1.165) is 37.2 Å². The van der Waals surface area contributed by atoms with E-state index in [-0.39, 0.29) is 17.9 Å².